The van der Waals surface area contributed by atoms with Gasteiger partial charge < -0.3 is 10.2 Å². The highest BCUT2D eigenvalue weighted by Gasteiger charge is 2.35. The van der Waals surface area contributed by atoms with Crippen molar-refractivity contribution in [2.75, 3.05) is 13.1 Å². The molecule has 0 bridgehead atoms. The molecule has 1 aromatic heterocycles. The maximum Gasteiger partial charge on any atom is 0.273 e. The molecule has 1 atom stereocenters. The molecule has 2 aromatic rings. The molecular weight excluding hydrogens is 361 g/mol. The summed E-state index contributed by atoms with van der Waals surface area (Å²) in [6.45, 7) is 1.59. The lowest BCUT2D eigenvalue weighted by Crippen LogP contribution is -2.36. The minimum Gasteiger partial charge on any atom is -0.350 e. The number of rotatable bonds is 6. The Kier molecular flexibility index (Phi) is 5.36. The van der Waals surface area contributed by atoms with E-state index >= 15 is 0 Å². The summed E-state index contributed by atoms with van der Waals surface area (Å²) < 4.78 is 14.5. The first-order chi connectivity index (χ1) is 13.6. The fraction of sp³-hybridized carbons (Fsp3) is 0.500. The molecule has 148 valence electrons. The van der Waals surface area contributed by atoms with Crippen LogP contribution >= 0.6 is 0 Å². The molecule has 1 aliphatic heterocycles. The quantitative estimate of drug-likeness (QED) is 0.825. The second-order valence-corrected chi connectivity index (χ2v) is 7.69. The molecule has 7 nitrogen and oxygen atoms in total. The molecule has 2 fully saturated rings. The normalized spacial score (nSPS) is 20.1. The predicted octanol–water partition coefficient (Wildman–Crippen LogP) is 1.99. The molecule has 2 amide bonds. The third kappa shape index (κ3) is 4.21. The van der Waals surface area contributed by atoms with Crippen molar-refractivity contribution < 1.29 is 14.0 Å². The van der Waals surface area contributed by atoms with E-state index in [2.05, 4.69) is 15.6 Å². The van der Waals surface area contributed by atoms with E-state index < -0.39 is 0 Å². The van der Waals surface area contributed by atoms with Crippen molar-refractivity contribution in [2.45, 2.75) is 44.7 Å². The molecule has 1 N–H and O–H groups in total. The fourth-order valence-electron chi connectivity index (χ4n) is 4.10. The zero-order chi connectivity index (χ0) is 19.5. The van der Waals surface area contributed by atoms with Crippen LogP contribution in [0, 0.1) is 11.7 Å². The first-order valence-corrected chi connectivity index (χ1v) is 9.81. The Morgan fingerprint density at radius 2 is 1.96 bits per heavy atom. The third-order valence-corrected chi connectivity index (χ3v) is 5.58. The van der Waals surface area contributed by atoms with Crippen LogP contribution in [0.25, 0.3) is 0 Å². The smallest absolute Gasteiger partial charge is 0.273 e. The van der Waals surface area contributed by atoms with Gasteiger partial charge in [0.15, 0.2) is 5.69 Å². The van der Waals surface area contributed by atoms with Crippen LogP contribution in [0.4, 0.5) is 4.39 Å². The summed E-state index contributed by atoms with van der Waals surface area (Å²) in [7, 11) is 0. The first kappa shape index (κ1) is 18.6. The number of amides is 2. The van der Waals surface area contributed by atoms with Gasteiger partial charge in [-0.1, -0.05) is 30.2 Å². The van der Waals surface area contributed by atoms with Crippen LogP contribution in [0.15, 0.2) is 30.5 Å². The fourth-order valence-corrected chi connectivity index (χ4v) is 4.10. The van der Waals surface area contributed by atoms with E-state index in [1.54, 1.807) is 23.0 Å². The summed E-state index contributed by atoms with van der Waals surface area (Å²) in [6, 6.07) is 6.50. The van der Waals surface area contributed by atoms with Crippen molar-refractivity contribution in [1.29, 1.82) is 0 Å². The van der Waals surface area contributed by atoms with E-state index in [0.717, 1.165) is 24.9 Å². The summed E-state index contributed by atoms with van der Waals surface area (Å²) >= 11 is 0. The highest BCUT2D eigenvalue weighted by Crippen LogP contribution is 2.29. The number of halogens is 1. The lowest BCUT2D eigenvalue weighted by molar-refractivity contribution is -0.129. The van der Waals surface area contributed by atoms with E-state index in [-0.39, 0.29) is 29.2 Å². The van der Waals surface area contributed by atoms with Crippen molar-refractivity contribution in [1.82, 2.24) is 25.2 Å². The molecule has 4 rings (SSSR count). The van der Waals surface area contributed by atoms with Crippen LogP contribution in [-0.4, -0.2) is 50.8 Å². The Morgan fingerprint density at radius 1 is 1.21 bits per heavy atom. The molecule has 8 heteroatoms. The van der Waals surface area contributed by atoms with Crippen molar-refractivity contribution in [3.63, 3.8) is 0 Å². The Morgan fingerprint density at radius 3 is 2.71 bits per heavy atom. The molecule has 28 heavy (non-hydrogen) atoms. The second-order valence-electron chi connectivity index (χ2n) is 7.69. The van der Waals surface area contributed by atoms with Crippen LogP contribution in [0.1, 0.15) is 48.2 Å². The maximum absolute atomic E-state index is 13.0. The highest BCUT2D eigenvalue weighted by atomic mass is 19.1. The van der Waals surface area contributed by atoms with Crippen molar-refractivity contribution in [3.8, 4) is 0 Å². The lowest BCUT2D eigenvalue weighted by Gasteiger charge is -2.24. The van der Waals surface area contributed by atoms with Crippen LogP contribution < -0.4 is 5.32 Å². The van der Waals surface area contributed by atoms with Gasteiger partial charge in [-0.2, -0.15) is 0 Å². The average molecular weight is 385 g/mol. The lowest BCUT2D eigenvalue weighted by atomic mass is 10.1. The van der Waals surface area contributed by atoms with Crippen LogP contribution in [0.3, 0.4) is 0 Å². The van der Waals surface area contributed by atoms with E-state index in [9.17, 15) is 14.0 Å². The Hall–Kier alpha value is -2.77. The summed E-state index contributed by atoms with van der Waals surface area (Å²) in [5.41, 5.74) is 1.11. The van der Waals surface area contributed by atoms with E-state index in [1.807, 2.05) is 4.90 Å². The Balaban J connectivity index is 1.28. The summed E-state index contributed by atoms with van der Waals surface area (Å²) in [5.74, 6) is -0.237. The number of hydrogen-bond acceptors (Lipinski definition) is 4. The molecular formula is C20H24FN5O2. The molecule has 2 heterocycles. The van der Waals surface area contributed by atoms with Crippen LogP contribution in [-0.2, 0) is 11.3 Å². The minimum atomic E-state index is -0.294. The minimum absolute atomic E-state index is 0.145. The molecule has 1 saturated carbocycles. The SMILES string of the molecule is O=C(NCC1CC(=O)N(C2CCCC2)C1)c1cn(Cc2ccc(F)cc2)nn1. The Labute approximate surface area is 162 Å². The van der Waals surface area contributed by atoms with Crippen LogP contribution in [0.5, 0.6) is 0 Å². The number of carbonyl (C=O) groups excluding carboxylic acids is 2. The summed E-state index contributed by atoms with van der Waals surface area (Å²) in [6.07, 6.45) is 6.66. The monoisotopic (exact) mass is 385 g/mol. The number of hydrogen-bond donors (Lipinski definition) is 1. The van der Waals surface area contributed by atoms with E-state index in [1.165, 1.54) is 25.0 Å². The van der Waals surface area contributed by atoms with Gasteiger partial charge >= 0.3 is 0 Å². The van der Waals surface area contributed by atoms with Crippen molar-refractivity contribution in [2.24, 2.45) is 5.92 Å². The topological polar surface area (TPSA) is 80.1 Å². The zero-order valence-electron chi connectivity index (χ0n) is 15.7. The van der Waals surface area contributed by atoms with Gasteiger partial charge in [0.25, 0.3) is 5.91 Å². The second kappa shape index (κ2) is 8.08. The molecule has 0 radical (unpaired) electrons. The van der Waals surface area contributed by atoms with Gasteiger partial charge in [0.1, 0.15) is 5.82 Å². The number of benzene rings is 1. The molecule has 1 aliphatic carbocycles. The summed E-state index contributed by atoms with van der Waals surface area (Å²) in [4.78, 5) is 26.6. The third-order valence-electron chi connectivity index (χ3n) is 5.58. The molecule has 1 saturated heterocycles. The van der Waals surface area contributed by atoms with Gasteiger partial charge in [-0.05, 0) is 30.5 Å². The highest BCUT2D eigenvalue weighted by molar-refractivity contribution is 5.91. The molecule has 1 aromatic carbocycles. The van der Waals surface area contributed by atoms with Gasteiger partial charge in [-0.15, -0.1) is 5.10 Å². The number of likely N-dealkylation sites (tertiary alicyclic amines) is 1. The number of carbonyl (C=O) groups is 2. The van der Waals surface area contributed by atoms with E-state index in [0.29, 0.717) is 25.6 Å². The molecule has 0 spiro atoms. The van der Waals surface area contributed by atoms with Gasteiger partial charge in [0, 0.05) is 31.5 Å². The number of aromatic nitrogens is 3. The van der Waals surface area contributed by atoms with Crippen LogP contribution in [0.2, 0.25) is 0 Å². The van der Waals surface area contributed by atoms with Gasteiger partial charge in [-0.25, -0.2) is 9.07 Å². The van der Waals surface area contributed by atoms with Gasteiger partial charge in [0.2, 0.25) is 5.91 Å². The standard InChI is InChI=1S/C20H24FN5O2/c21-16-7-5-14(6-8-16)11-25-13-18(23-24-25)20(28)22-10-15-9-19(27)26(12-15)17-3-1-2-4-17/h5-8,13,15,17H,1-4,9-12H2,(H,22,28). The van der Waals surface area contributed by atoms with Gasteiger partial charge in [0.05, 0.1) is 12.7 Å². The first-order valence-electron chi connectivity index (χ1n) is 9.81. The molecule has 1 unspecified atom stereocenters. The summed E-state index contributed by atoms with van der Waals surface area (Å²) in [5, 5.41) is 10.8. The van der Waals surface area contributed by atoms with Crippen molar-refractivity contribution >= 4 is 11.8 Å². The zero-order valence-corrected chi connectivity index (χ0v) is 15.7. The van der Waals surface area contributed by atoms with Crippen molar-refractivity contribution in [3.05, 3.63) is 47.5 Å². The number of nitrogens with zero attached hydrogens (tertiary/aromatic N) is 4. The largest absolute Gasteiger partial charge is 0.350 e. The maximum atomic E-state index is 13.0. The average Bonchev–Trinajstić information content (AvgIpc) is 3.42. The Bertz CT molecular complexity index is 845. The van der Waals surface area contributed by atoms with Gasteiger partial charge in [-0.3, -0.25) is 9.59 Å². The van der Waals surface area contributed by atoms with E-state index in [4.69, 9.17) is 0 Å². The molecule has 2 aliphatic rings. The predicted molar refractivity (Wildman–Crippen MR) is 99.9 cm³/mol. The number of nitrogens with one attached hydrogen (secondary N) is 1.